The average molecular weight is 927 g/mol. The summed E-state index contributed by atoms with van der Waals surface area (Å²) in [5.74, 6) is 1.16. The van der Waals surface area contributed by atoms with Gasteiger partial charge in [0.25, 0.3) is 0 Å². The Morgan fingerprint density at radius 3 is 1.48 bits per heavy atom. The maximum atomic E-state index is 13.8. The molecule has 0 unspecified atom stereocenters. The van der Waals surface area contributed by atoms with E-state index in [0.717, 1.165) is 61.6 Å². The molecule has 0 spiro atoms. The van der Waals surface area contributed by atoms with Gasteiger partial charge >= 0.3 is 7.60 Å². The third-order valence-corrected chi connectivity index (χ3v) is 17.0. The van der Waals surface area contributed by atoms with Crippen LogP contribution in [0.5, 0.6) is 11.5 Å². The van der Waals surface area contributed by atoms with Crippen LogP contribution in [0.2, 0.25) is 0 Å². The minimum atomic E-state index is -4.24. The zero-order chi connectivity index (χ0) is 46.1. The number of unbranched alkanes of at least 4 members (excludes halogenated alkanes) is 2. The fraction of sp³-hybridized carbons (Fsp3) is 0.489. The number of benzene rings is 4. The van der Waals surface area contributed by atoms with Crippen molar-refractivity contribution in [3.05, 3.63) is 118 Å². The molecule has 13 nitrogen and oxygen atoms in total. The van der Waals surface area contributed by atoms with Crippen LogP contribution in [0.1, 0.15) is 125 Å². The van der Waals surface area contributed by atoms with Crippen LogP contribution in [0, 0.1) is 0 Å². The van der Waals surface area contributed by atoms with Gasteiger partial charge in [0.05, 0.1) is 53.9 Å². The zero-order valence-corrected chi connectivity index (χ0v) is 40.1. The van der Waals surface area contributed by atoms with Gasteiger partial charge in [-0.1, -0.05) is 114 Å². The summed E-state index contributed by atoms with van der Waals surface area (Å²) >= 11 is 0. The van der Waals surface area contributed by atoms with Crippen molar-refractivity contribution in [1.29, 1.82) is 0 Å². The third kappa shape index (κ3) is 12.2. The Labute approximate surface area is 375 Å². The molecule has 0 aromatic heterocycles. The average Bonchev–Trinajstić information content (AvgIpc) is 3.44. The van der Waals surface area contributed by atoms with Gasteiger partial charge in [-0.2, -0.15) is 0 Å². The summed E-state index contributed by atoms with van der Waals surface area (Å²) in [6, 6.07) is 26.1. The van der Waals surface area contributed by atoms with Gasteiger partial charge in [0.1, 0.15) is 11.5 Å². The summed E-state index contributed by atoms with van der Waals surface area (Å²) in [6.45, 7) is 8.62. The molecule has 0 fully saturated rings. The van der Waals surface area contributed by atoms with Crippen molar-refractivity contribution >= 4 is 27.3 Å². The third-order valence-electron chi connectivity index (χ3n) is 12.4. The van der Waals surface area contributed by atoms with Gasteiger partial charge in [0.15, 0.2) is 19.7 Å². The Kier molecular flexibility index (Phi) is 17.2. The number of hydrogen-bond donors (Lipinski definition) is 6. The van der Waals surface area contributed by atoms with Crippen LogP contribution in [0.15, 0.2) is 94.7 Å². The summed E-state index contributed by atoms with van der Waals surface area (Å²) in [5.41, 5.74) is 9.42. The van der Waals surface area contributed by atoms with Crippen molar-refractivity contribution in [2.75, 3.05) is 32.0 Å². The molecular formula is C47H67N4O9PS2. The van der Waals surface area contributed by atoms with Crippen LogP contribution in [-0.2, 0) is 37.3 Å². The van der Waals surface area contributed by atoms with Gasteiger partial charge in [-0.3, -0.25) is 15.2 Å². The number of sulfone groups is 2. The van der Waals surface area contributed by atoms with Crippen LogP contribution < -0.4 is 31.2 Å². The predicted octanol–water partition coefficient (Wildman–Crippen LogP) is 7.68. The molecule has 0 saturated heterocycles. The normalized spacial score (nSPS) is 22.6. The van der Waals surface area contributed by atoms with Gasteiger partial charge in [0.2, 0.25) is 0 Å². The molecule has 4 aromatic carbocycles. The molecule has 6 rings (SSSR count). The van der Waals surface area contributed by atoms with E-state index in [9.17, 15) is 21.4 Å². The van der Waals surface area contributed by atoms with E-state index in [1.807, 2.05) is 73.7 Å². The standard InChI is InChI=1S/C24H35N2O6PS.C23H32N2O3S/c1-4-6-12-24(5-2)16-34(30,31)22-13-19(15-25-17-33(27,28)29)21(32-3)14-20(22)23(26-24)18-10-8-7-9-11-18;1-4-6-12-23(5-2)16-29(26,27)21-13-18(15-24)20(28-3)14-19(21)22(25-23)17-10-8-7-9-11-17/h7-11,13-14,23,25-26H,4-6,12,15-17H2,1-3H3,(H2,27,28,29);7-11,13-14,22,25H,4-6,12,15-16,24H2,1-3H3/t23-,24-;22-,23-/m11/s1. The molecule has 2 aliphatic rings. The second kappa shape index (κ2) is 21.6. The minimum absolute atomic E-state index is 0.0193. The molecule has 346 valence electrons. The Hall–Kier alpha value is -3.63. The van der Waals surface area contributed by atoms with Gasteiger partial charge in [-0.25, -0.2) is 16.8 Å². The lowest BCUT2D eigenvalue weighted by Crippen LogP contribution is -2.50. The molecule has 63 heavy (non-hydrogen) atoms. The number of fused-ring (bicyclic) bond motifs is 2. The number of rotatable bonds is 17. The molecule has 2 aliphatic heterocycles. The zero-order valence-electron chi connectivity index (χ0n) is 37.5. The first-order valence-electron chi connectivity index (χ1n) is 21.9. The summed E-state index contributed by atoms with van der Waals surface area (Å²) in [6.07, 6.45) is 6.33. The second-order valence-corrected chi connectivity index (χ2v) is 22.4. The van der Waals surface area contributed by atoms with Crippen LogP contribution in [0.25, 0.3) is 0 Å². The molecule has 7 N–H and O–H groups in total. The Bertz CT molecular complexity index is 2420. The number of methoxy groups -OCH3 is 2. The predicted molar refractivity (Wildman–Crippen MR) is 250 cm³/mol. The van der Waals surface area contributed by atoms with E-state index in [2.05, 4.69) is 36.7 Å². The lowest BCUT2D eigenvalue weighted by molar-refractivity contribution is 0.294. The first-order chi connectivity index (χ1) is 29.9. The fourth-order valence-electron chi connectivity index (χ4n) is 8.87. The van der Waals surface area contributed by atoms with Crippen molar-refractivity contribution in [2.24, 2.45) is 5.73 Å². The van der Waals surface area contributed by atoms with Crippen LogP contribution in [-0.4, -0.2) is 69.7 Å². The smallest absolute Gasteiger partial charge is 0.339 e. The Balaban J connectivity index is 0.000000240. The van der Waals surface area contributed by atoms with E-state index < -0.39 is 44.6 Å². The van der Waals surface area contributed by atoms with Gasteiger partial charge in [0, 0.05) is 35.3 Å². The van der Waals surface area contributed by atoms with Crippen LogP contribution >= 0.6 is 7.60 Å². The monoisotopic (exact) mass is 926 g/mol. The van der Waals surface area contributed by atoms with Crippen molar-refractivity contribution in [1.82, 2.24) is 16.0 Å². The van der Waals surface area contributed by atoms with Crippen molar-refractivity contribution in [2.45, 2.75) is 125 Å². The molecular weight excluding hydrogens is 860 g/mol. The highest BCUT2D eigenvalue weighted by molar-refractivity contribution is 7.91. The molecule has 4 aromatic rings. The Morgan fingerprint density at radius 2 is 1.11 bits per heavy atom. The lowest BCUT2D eigenvalue weighted by atomic mass is 9.88. The van der Waals surface area contributed by atoms with Gasteiger partial charge in [-0.05, 0) is 72.2 Å². The van der Waals surface area contributed by atoms with E-state index in [1.165, 1.54) is 7.11 Å². The molecule has 4 atom stereocenters. The molecule has 0 saturated carbocycles. The quantitative estimate of drug-likeness (QED) is 0.0563. The highest BCUT2D eigenvalue weighted by Crippen LogP contribution is 2.43. The second-order valence-electron chi connectivity index (χ2n) is 16.8. The SMILES string of the molecule is CCCC[C@]1(CC)CS(=O)(=O)c2cc(CN)c(OC)cc2[C@@H](c2ccccc2)N1.CCCC[C@]1(CC)CS(=O)(=O)c2cc(CNCP(=O)(O)O)c(OC)cc2[C@@H](c2ccccc2)N1. The Morgan fingerprint density at radius 1 is 0.698 bits per heavy atom. The van der Waals surface area contributed by atoms with E-state index in [4.69, 9.17) is 25.0 Å². The number of ether oxygens (including phenoxy) is 2. The number of hydrogen-bond acceptors (Lipinski definition) is 11. The number of nitrogens with two attached hydrogens (primary N) is 1. The lowest BCUT2D eigenvalue weighted by Gasteiger charge is -2.36. The molecule has 0 bridgehead atoms. The molecule has 0 amide bonds. The highest BCUT2D eigenvalue weighted by Gasteiger charge is 2.44. The summed E-state index contributed by atoms with van der Waals surface area (Å²) in [7, 11) is -8.32. The fourth-order valence-corrected chi connectivity index (χ4v) is 13.6. The van der Waals surface area contributed by atoms with Crippen LogP contribution in [0.3, 0.4) is 0 Å². The van der Waals surface area contributed by atoms with E-state index in [0.29, 0.717) is 39.5 Å². The van der Waals surface area contributed by atoms with E-state index in [1.54, 1.807) is 25.3 Å². The number of nitrogens with one attached hydrogen (secondary N) is 3. The van der Waals surface area contributed by atoms with Crippen molar-refractivity contribution in [3.8, 4) is 11.5 Å². The maximum absolute atomic E-state index is 13.8. The topological polar surface area (TPSA) is 206 Å². The van der Waals surface area contributed by atoms with Crippen molar-refractivity contribution in [3.63, 3.8) is 0 Å². The summed E-state index contributed by atoms with van der Waals surface area (Å²) in [5, 5.41) is 10.2. The first-order valence-corrected chi connectivity index (χ1v) is 27.0. The van der Waals surface area contributed by atoms with Crippen LogP contribution in [0.4, 0.5) is 0 Å². The molecule has 2 heterocycles. The minimum Gasteiger partial charge on any atom is -0.496 e. The largest absolute Gasteiger partial charge is 0.496 e. The highest BCUT2D eigenvalue weighted by atomic mass is 32.2. The summed E-state index contributed by atoms with van der Waals surface area (Å²) in [4.78, 5) is 18.9. The van der Waals surface area contributed by atoms with E-state index >= 15 is 0 Å². The molecule has 16 heteroatoms. The molecule has 0 aliphatic carbocycles. The van der Waals surface area contributed by atoms with Gasteiger partial charge in [-0.15, -0.1) is 0 Å². The van der Waals surface area contributed by atoms with Crippen molar-refractivity contribution < 1.29 is 40.7 Å². The van der Waals surface area contributed by atoms with Gasteiger partial charge < -0.3 is 30.3 Å². The maximum Gasteiger partial charge on any atom is 0.339 e. The first kappa shape index (κ1) is 50.4. The molecule has 0 radical (unpaired) electrons. The summed E-state index contributed by atoms with van der Waals surface area (Å²) < 4.78 is 77.0. The van der Waals surface area contributed by atoms with E-state index in [-0.39, 0.29) is 41.6 Å².